The lowest BCUT2D eigenvalue weighted by Gasteiger charge is -2.28. The van der Waals surface area contributed by atoms with Crippen molar-refractivity contribution in [2.24, 2.45) is 11.7 Å². The predicted molar refractivity (Wildman–Crippen MR) is 101 cm³/mol. The zero-order valence-electron chi connectivity index (χ0n) is 14.5. The molecule has 2 rings (SSSR count). The third-order valence-electron chi connectivity index (χ3n) is 4.86. The molecule has 5 heteroatoms. The summed E-state index contributed by atoms with van der Waals surface area (Å²) in [5.74, 6) is 0.542. The maximum atomic E-state index is 12.4. The molecular weight excluding hydrogens is 368 g/mol. The van der Waals surface area contributed by atoms with Crippen LogP contribution in [0.1, 0.15) is 44.1 Å². The summed E-state index contributed by atoms with van der Waals surface area (Å²) in [5, 5.41) is 2.96. The summed E-state index contributed by atoms with van der Waals surface area (Å²) in [6.07, 6.45) is 7.48. The molecule has 0 bridgehead atoms. The van der Waals surface area contributed by atoms with Crippen molar-refractivity contribution in [2.45, 2.75) is 57.1 Å². The van der Waals surface area contributed by atoms with Crippen LogP contribution in [0, 0.1) is 5.92 Å². The van der Waals surface area contributed by atoms with Crippen LogP contribution in [0.5, 0.6) is 0 Å². The molecule has 1 unspecified atom stereocenters. The summed E-state index contributed by atoms with van der Waals surface area (Å²) in [4.78, 5) is 12.4. The van der Waals surface area contributed by atoms with Crippen LogP contribution in [0.25, 0.3) is 0 Å². The van der Waals surface area contributed by atoms with Gasteiger partial charge in [-0.25, -0.2) is 0 Å². The number of rotatable bonds is 8. The van der Waals surface area contributed by atoms with Crippen LogP contribution in [-0.4, -0.2) is 31.7 Å². The van der Waals surface area contributed by atoms with Gasteiger partial charge < -0.3 is 15.8 Å². The molecule has 0 saturated heterocycles. The van der Waals surface area contributed by atoms with Crippen molar-refractivity contribution in [3.8, 4) is 0 Å². The highest BCUT2D eigenvalue weighted by Gasteiger charge is 2.28. The fraction of sp³-hybridized carbons (Fsp3) is 0.632. The van der Waals surface area contributed by atoms with Gasteiger partial charge in [0.2, 0.25) is 0 Å². The molecule has 1 aromatic carbocycles. The standard InChI is InChI=1S/C19H29BrN2O2/c1-24-18(17(21)13-15-5-3-2-4-6-15)19(23)22-12-11-14-7-9-16(20)10-8-14/h7-10,15,17-18H,2-6,11-13,21H2,1H3,(H,22,23)/t17-,18?/m1/s1. The molecule has 1 fully saturated rings. The molecule has 1 aliphatic rings. The number of ether oxygens (including phenoxy) is 1. The van der Waals surface area contributed by atoms with Gasteiger partial charge in [0, 0.05) is 24.2 Å². The molecule has 3 N–H and O–H groups in total. The van der Waals surface area contributed by atoms with Crippen LogP contribution in [0.2, 0.25) is 0 Å². The van der Waals surface area contributed by atoms with Crippen molar-refractivity contribution in [3.63, 3.8) is 0 Å². The summed E-state index contributed by atoms with van der Waals surface area (Å²) in [7, 11) is 1.57. The van der Waals surface area contributed by atoms with Crippen molar-refractivity contribution in [3.05, 3.63) is 34.3 Å². The van der Waals surface area contributed by atoms with E-state index >= 15 is 0 Å². The zero-order chi connectivity index (χ0) is 17.4. The van der Waals surface area contributed by atoms with E-state index in [1.807, 2.05) is 12.1 Å². The topological polar surface area (TPSA) is 64.3 Å². The molecule has 4 nitrogen and oxygen atoms in total. The fourth-order valence-electron chi connectivity index (χ4n) is 3.49. The number of halogens is 1. The molecule has 0 aliphatic heterocycles. The molecule has 1 aliphatic carbocycles. The highest BCUT2D eigenvalue weighted by molar-refractivity contribution is 9.10. The minimum Gasteiger partial charge on any atom is -0.370 e. The zero-order valence-corrected chi connectivity index (χ0v) is 16.1. The first-order valence-electron chi connectivity index (χ1n) is 8.90. The molecule has 0 spiro atoms. The maximum absolute atomic E-state index is 12.4. The Morgan fingerprint density at radius 3 is 2.58 bits per heavy atom. The van der Waals surface area contributed by atoms with Crippen LogP contribution in [-0.2, 0) is 16.0 Å². The first-order chi connectivity index (χ1) is 11.6. The first kappa shape index (κ1) is 19.4. The average Bonchev–Trinajstić information content (AvgIpc) is 2.58. The third-order valence-corrected chi connectivity index (χ3v) is 5.39. The largest absolute Gasteiger partial charge is 0.370 e. The Kier molecular flexibility index (Phi) is 8.22. The van der Waals surface area contributed by atoms with E-state index in [1.165, 1.54) is 37.7 Å². The summed E-state index contributed by atoms with van der Waals surface area (Å²) in [6, 6.07) is 7.90. The highest BCUT2D eigenvalue weighted by Crippen LogP contribution is 2.27. The second kappa shape index (κ2) is 10.2. The van der Waals surface area contributed by atoms with E-state index in [0.29, 0.717) is 12.5 Å². The number of hydrogen-bond acceptors (Lipinski definition) is 3. The normalized spacial score (nSPS) is 18.1. The Labute approximate surface area is 153 Å². The van der Waals surface area contributed by atoms with Crippen LogP contribution in [0.3, 0.4) is 0 Å². The van der Waals surface area contributed by atoms with Gasteiger partial charge in [-0.3, -0.25) is 4.79 Å². The number of carbonyl (C=O) groups is 1. The van der Waals surface area contributed by atoms with Gasteiger partial charge in [0.05, 0.1) is 0 Å². The number of methoxy groups -OCH3 is 1. The Hall–Kier alpha value is -0.910. The van der Waals surface area contributed by atoms with Gasteiger partial charge in [0.15, 0.2) is 6.10 Å². The summed E-state index contributed by atoms with van der Waals surface area (Å²) < 4.78 is 6.45. The Bertz CT molecular complexity index is 501. The summed E-state index contributed by atoms with van der Waals surface area (Å²) in [5.41, 5.74) is 7.46. The van der Waals surface area contributed by atoms with Gasteiger partial charge >= 0.3 is 0 Å². The van der Waals surface area contributed by atoms with Crippen LogP contribution >= 0.6 is 15.9 Å². The van der Waals surface area contributed by atoms with Gasteiger partial charge in [0.25, 0.3) is 5.91 Å². The molecule has 1 saturated carbocycles. The van der Waals surface area contributed by atoms with Crippen molar-refractivity contribution in [2.75, 3.05) is 13.7 Å². The molecule has 0 heterocycles. The number of hydrogen-bond donors (Lipinski definition) is 2. The van der Waals surface area contributed by atoms with E-state index < -0.39 is 6.10 Å². The van der Waals surface area contributed by atoms with E-state index in [4.69, 9.17) is 10.5 Å². The first-order valence-corrected chi connectivity index (χ1v) is 9.70. The van der Waals surface area contributed by atoms with Gasteiger partial charge in [-0.05, 0) is 36.5 Å². The molecule has 24 heavy (non-hydrogen) atoms. The van der Waals surface area contributed by atoms with Crippen LogP contribution in [0.15, 0.2) is 28.7 Å². The van der Waals surface area contributed by atoms with Crippen molar-refractivity contribution in [1.29, 1.82) is 0 Å². The van der Waals surface area contributed by atoms with Crippen molar-refractivity contribution in [1.82, 2.24) is 5.32 Å². The van der Waals surface area contributed by atoms with Gasteiger partial charge in [0.1, 0.15) is 0 Å². The lowest BCUT2D eigenvalue weighted by molar-refractivity contribution is -0.132. The quantitative estimate of drug-likeness (QED) is 0.707. The molecule has 2 atom stereocenters. The number of nitrogens with two attached hydrogens (primary N) is 1. The van der Waals surface area contributed by atoms with Gasteiger partial charge in [-0.15, -0.1) is 0 Å². The highest BCUT2D eigenvalue weighted by atomic mass is 79.9. The second-order valence-electron chi connectivity index (χ2n) is 6.73. The number of carbonyl (C=O) groups excluding carboxylic acids is 1. The van der Waals surface area contributed by atoms with Crippen molar-refractivity contribution < 1.29 is 9.53 Å². The van der Waals surface area contributed by atoms with Crippen LogP contribution in [0.4, 0.5) is 0 Å². The fourth-order valence-corrected chi connectivity index (χ4v) is 3.75. The minimum atomic E-state index is -0.558. The van der Waals surface area contributed by atoms with E-state index in [0.717, 1.165) is 17.3 Å². The average molecular weight is 397 g/mol. The Morgan fingerprint density at radius 1 is 1.29 bits per heavy atom. The Morgan fingerprint density at radius 2 is 1.96 bits per heavy atom. The molecule has 1 amide bonds. The predicted octanol–water partition coefficient (Wildman–Crippen LogP) is 3.42. The molecule has 0 radical (unpaired) electrons. The third kappa shape index (κ3) is 6.19. The Balaban J connectivity index is 1.76. The van der Waals surface area contributed by atoms with E-state index in [1.54, 1.807) is 7.11 Å². The van der Waals surface area contributed by atoms with Crippen LogP contribution < -0.4 is 11.1 Å². The van der Waals surface area contributed by atoms with Crippen molar-refractivity contribution >= 4 is 21.8 Å². The molecular formula is C19H29BrN2O2. The number of benzene rings is 1. The van der Waals surface area contributed by atoms with E-state index in [-0.39, 0.29) is 11.9 Å². The summed E-state index contributed by atoms with van der Waals surface area (Å²) >= 11 is 3.42. The summed E-state index contributed by atoms with van der Waals surface area (Å²) in [6.45, 7) is 0.594. The van der Waals surface area contributed by atoms with Gasteiger partial charge in [-0.1, -0.05) is 60.2 Å². The van der Waals surface area contributed by atoms with E-state index in [9.17, 15) is 4.79 Å². The smallest absolute Gasteiger partial charge is 0.250 e. The number of amides is 1. The maximum Gasteiger partial charge on any atom is 0.250 e. The lowest BCUT2D eigenvalue weighted by atomic mass is 9.84. The minimum absolute atomic E-state index is 0.0991. The second-order valence-corrected chi connectivity index (χ2v) is 7.64. The SMILES string of the molecule is COC(C(=O)NCCc1ccc(Br)cc1)[C@H](N)CC1CCCCC1. The lowest BCUT2D eigenvalue weighted by Crippen LogP contribution is -2.48. The monoisotopic (exact) mass is 396 g/mol. The molecule has 1 aromatic rings. The molecule has 0 aromatic heterocycles. The van der Waals surface area contributed by atoms with E-state index in [2.05, 4.69) is 33.4 Å². The van der Waals surface area contributed by atoms with Gasteiger partial charge in [-0.2, -0.15) is 0 Å². The molecule has 134 valence electrons. The number of nitrogens with one attached hydrogen (secondary N) is 1.